The van der Waals surface area contributed by atoms with Crippen LogP contribution in [0.1, 0.15) is 30.0 Å². The van der Waals surface area contributed by atoms with Gasteiger partial charge in [-0.2, -0.15) is 0 Å². The lowest BCUT2D eigenvalue weighted by atomic mass is 10.0. The summed E-state index contributed by atoms with van der Waals surface area (Å²) in [4.78, 5) is 2.49. The van der Waals surface area contributed by atoms with Crippen molar-refractivity contribution in [3.05, 3.63) is 35.4 Å². The minimum Gasteiger partial charge on any atom is -0.380 e. The van der Waals surface area contributed by atoms with Crippen LogP contribution in [0.15, 0.2) is 24.3 Å². The maximum absolute atomic E-state index is 5.91. The molecule has 0 radical (unpaired) electrons. The quantitative estimate of drug-likeness (QED) is 0.846. The van der Waals surface area contributed by atoms with Crippen molar-refractivity contribution in [1.82, 2.24) is 4.90 Å². The van der Waals surface area contributed by atoms with Crippen LogP contribution < -0.4 is 5.73 Å². The van der Waals surface area contributed by atoms with Crippen molar-refractivity contribution in [1.29, 1.82) is 0 Å². The molecule has 3 heteroatoms. The van der Waals surface area contributed by atoms with Gasteiger partial charge in [-0.1, -0.05) is 24.3 Å². The second-order valence-electron chi connectivity index (χ2n) is 4.67. The van der Waals surface area contributed by atoms with E-state index in [9.17, 15) is 0 Å². The highest BCUT2D eigenvalue weighted by molar-refractivity contribution is 5.25. The van der Waals surface area contributed by atoms with E-state index in [4.69, 9.17) is 10.5 Å². The third-order valence-corrected chi connectivity index (χ3v) is 3.48. The number of methoxy groups -OCH3 is 1. The molecule has 1 saturated heterocycles. The molecular weight excluding hydrogens is 212 g/mol. The molecule has 2 N–H and O–H groups in total. The van der Waals surface area contributed by atoms with Crippen LogP contribution in [0, 0.1) is 0 Å². The number of ether oxygens (including phenoxy) is 1. The van der Waals surface area contributed by atoms with E-state index in [1.165, 1.54) is 37.1 Å². The standard InChI is InChI=1S/C14H22N2O/c1-17-11-12-4-6-13(7-5-12)14(10-15)16-8-2-3-9-16/h4-7,14H,2-3,8-11,15H2,1H3. The van der Waals surface area contributed by atoms with Crippen LogP contribution in [0.3, 0.4) is 0 Å². The number of hydrogen-bond donors (Lipinski definition) is 1. The summed E-state index contributed by atoms with van der Waals surface area (Å²) in [5, 5.41) is 0. The molecule has 0 aliphatic carbocycles. The van der Waals surface area contributed by atoms with E-state index in [2.05, 4.69) is 29.2 Å². The minimum absolute atomic E-state index is 0.383. The van der Waals surface area contributed by atoms with Gasteiger partial charge in [0.15, 0.2) is 0 Å². The summed E-state index contributed by atoms with van der Waals surface area (Å²) in [5.74, 6) is 0. The number of benzene rings is 1. The van der Waals surface area contributed by atoms with E-state index in [0.29, 0.717) is 19.2 Å². The first kappa shape index (κ1) is 12.6. The van der Waals surface area contributed by atoms with Crippen molar-refractivity contribution < 1.29 is 4.74 Å². The maximum atomic E-state index is 5.91. The van der Waals surface area contributed by atoms with Crippen molar-refractivity contribution in [3.63, 3.8) is 0 Å². The fourth-order valence-electron chi connectivity index (χ4n) is 2.55. The lowest BCUT2D eigenvalue weighted by Gasteiger charge is -2.26. The summed E-state index contributed by atoms with van der Waals surface area (Å²) < 4.78 is 5.12. The van der Waals surface area contributed by atoms with Crippen LogP contribution in [0.25, 0.3) is 0 Å². The average Bonchev–Trinajstić information content (AvgIpc) is 2.86. The molecule has 0 spiro atoms. The Morgan fingerprint density at radius 3 is 2.41 bits per heavy atom. The largest absolute Gasteiger partial charge is 0.380 e. The number of nitrogens with two attached hydrogens (primary N) is 1. The molecule has 1 aliphatic heterocycles. The van der Waals surface area contributed by atoms with Crippen molar-refractivity contribution >= 4 is 0 Å². The van der Waals surface area contributed by atoms with E-state index >= 15 is 0 Å². The van der Waals surface area contributed by atoms with Gasteiger partial charge in [0.05, 0.1) is 6.61 Å². The molecule has 1 aromatic carbocycles. The number of hydrogen-bond acceptors (Lipinski definition) is 3. The normalized spacial score (nSPS) is 18.5. The summed E-state index contributed by atoms with van der Waals surface area (Å²) in [7, 11) is 1.72. The van der Waals surface area contributed by atoms with Crippen LogP contribution in [-0.2, 0) is 11.3 Å². The molecule has 0 saturated carbocycles. The van der Waals surface area contributed by atoms with Crippen LogP contribution >= 0.6 is 0 Å². The summed E-state index contributed by atoms with van der Waals surface area (Å²) in [6.07, 6.45) is 2.61. The van der Waals surface area contributed by atoms with Gasteiger partial charge in [0.25, 0.3) is 0 Å². The molecule has 1 aliphatic rings. The van der Waals surface area contributed by atoms with Crippen molar-refractivity contribution in [2.24, 2.45) is 5.73 Å². The molecule has 1 atom stereocenters. The molecule has 1 heterocycles. The van der Waals surface area contributed by atoms with Gasteiger partial charge >= 0.3 is 0 Å². The Balaban J connectivity index is 2.07. The van der Waals surface area contributed by atoms with Crippen LogP contribution in [-0.4, -0.2) is 31.6 Å². The van der Waals surface area contributed by atoms with Gasteiger partial charge in [-0.25, -0.2) is 0 Å². The monoisotopic (exact) mass is 234 g/mol. The molecule has 3 nitrogen and oxygen atoms in total. The van der Waals surface area contributed by atoms with E-state index in [-0.39, 0.29) is 0 Å². The average molecular weight is 234 g/mol. The highest BCUT2D eigenvalue weighted by Crippen LogP contribution is 2.24. The van der Waals surface area contributed by atoms with Gasteiger partial charge in [-0.3, -0.25) is 4.90 Å². The fraction of sp³-hybridized carbons (Fsp3) is 0.571. The first-order valence-electron chi connectivity index (χ1n) is 6.37. The summed E-state index contributed by atoms with van der Waals surface area (Å²) in [6.45, 7) is 3.74. The van der Waals surface area contributed by atoms with Crippen LogP contribution in [0.4, 0.5) is 0 Å². The first-order valence-corrected chi connectivity index (χ1v) is 6.37. The SMILES string of the molecule is COCc1ccc(C(CN)N2CCCC2)cc1. The number of nitrogens with zero attached hydrogens (tertiary/aromatic N) is 1. The predicted molar refractivity (Wildman–Crippen MR) is 69.8 cm³/mol. The zero-order valence-corrected chi connectivity index (χ0v) is 10.6. The van der Waals surface area contributed by atoms with Gasteiger partial charge in [-0.15, -0.1) is 0 Å². The van der Waals surface area contributed by atoms with Gasteiger partial charge in [0.2, 0.25) is 0 Å². The topological polar surface area (TPSA) is 38.5 Å². The first-order chi connectivity index (χ1) is 8.35. The smallest absolute Gasteiger partial charge is 0.0713 e. The molecule has 1 unspecified atom stereocenters. The van der Waals surface area contributed by atoms with Crippen molar-refractivity contribution in [2.45, 2.75) is 25.5 Å². The molecule has 94 valence electrons. The third kappa shape index (κ3) is 3.06. The Kier molecular flexibility index (Phi) is 4.54. The molecule has 2 rings (SSSR count). The summed E-state index contributed by atoms with van der Waals surface area (Å²) in [6, 6.07) is 9.03. The lowest BCUT2D eigenvalue weighted by molar-refractivity contribution is 0.185. The summed E-state index contributed by atoms with van der Waals surface area (Å²) >= 11 is 0. The Hall–Kier alpha value is -0.900. The molecule has 0 amide bonds. The molecule has 1 fully saturated rings. The Morgan fingerprint density at radius 1 is 1.24 bits per heavy atom. The molecular formula is C14H22N2O. The zero-order chi connectivity index (χ0) is 12.1. The summed E-state index contributed by atoms with van der Waals surface area (Å²) in [5.41, 5.74) is 8.46. The minimum atomic E-state index is 0.383. The molecule has 1 aromatic rings. The Labute approximate surface area is 104 Å². The Bertz CT molecular complexity index is 331. The van der Waals surface area contributed by atoms with Gasteiger partial charge in [0, 0.05) is 19.7 Å². The van der Waals surface area contributed by atoms with Crippen molar-refractivity contribution in [2.75, 3.05) is 26.7 Å². The number of likely N-dealkylation sites (tertiary alicyclic amines) is 1. The van der Waals surface area contributed by atoms with Gasteiger partial charge in [0.1, 0.15) is 0 Å². The van der Waals surface area contributed by atoms with E-state index < -0.39 is 0 Å². The maximum Gasteiger partial charge on any atom is 0.0713 e. The van der Waals surface area contributed by atoms with Crippen molar-refractivity contribution in [3.8, 4) is 0 Å². The van der Waals surface area contributed by atoms with Gasteiger partial charge in [-0.05, 0) is 37.1 Å². The molecule has 17 heavy (non-hydrogen) atoms. The number of rotatable bonds is 5. The highest BCUT2D eigenvalue weighted by Gasteiger charge is 2.21. The van der Waals surface area contributed by atoms with Crippen LogP contribution in [0.2, 0.25) is 0 Å². The van der Waals surface area contributed by atoms with E-state index in [1.54, 1.807) is 7.11 Å². The highest BCUT2D eigenvalue weighted by atomic mass is 16.5. The van der Waals surface area contributed by atoms with Gasteiger partial charge < -0.3 is 10.5 Å². The van der Waals surface area contributed by atoms with E-state index in [0.717, 1.165) is 0 Å². The molecule has 0 bridgehead atoms. The zero-order valence-electron chi connectivity index (χ0n) is 10.6. The van der Waals surface area contributed by atoms with E-state index in [1.807, 2.05) is 0 Å². The predicted octanol–water partition coefficient (Wildman–Crippen LogP) is 1.93. The van der Waals surface area contributed by atoms with Crippen LogP contribution in [0.5, 0.6) is 0 Å². The third-order valence-electron chi connectivity index (χ3n) is 3.48. The lowest BCUT2D eigenvalue weighted by Crippen LogP contribution is -2.31. The fourth-order valence-corrected chi connectivity index (χ4v) is 2.55. The second-order valence-corrected chi connectivity index (χ2v) is 4.67. The second kappa shape index (κ2) is 6.15. The molecule has 0 aromatic heterocycles. The Morgan fingerprint density at radius 2 is 1.88 bits per heavy atom.